The van der Waals surface area contributed by atoms with Crippen LogP contribution in [0.15, 0.2) is 18.2 Å². The van der Waals surface area contributed by atoms with E-state index in [1.54, 1.807) is 14.2 Å². The van der Waals surface area contributed by atoms with Crippen LogP contribution in [0.3, 0.4) is 0 Å². The Morgan fingerprint density at radius 1 is 1.05 bits per heavy atom. The van der Waals surface area contributed by atoms with E-state index < -0.39 is 0 Å². The van der Waals surface area contributed by atoms with Crippen LogP contribution in [-0.2, 0) is 0 Å². The van der Waals surface area contributed by atoms with Gasteiger partial charge in [-0.15, -0.1) is 0 Å². The van der Waals surface area contributed by atoms with Gasteiger partial charge in [-0.05, 0) is 43.7 Å². The topological polar surface area (TPSA) is 30.5 Å². The lowest BCUT2D eigenvalue weighted by molar-refractivity contribution is 0.318. The number of hydrogen-bond donors (Lipinski definition) is 1. The van der Waals surface area contributed by atoms with Gasteiger partial charge in [0.25, 0.3) is 0 Å². The first-order valence-electron chi connectivity index (χ1n) is 7.75. The normalized spacial score (nSPS) is 22.4. The Morgan fingerprint density at radius 3 is 2.35 bits per heavy atom. The Labute approximate surface area is 122 Å². The highest BCUT2D eigenvalue weighted by Gasteiger charge is 2.20. The number of rotatable bonds is 6. The molecule has 0 atom stereocenters. The fourth-order valence-corrected chi connectivity index (χ4v) is 3.17. The highest BCUT2D eigenvalue weighted by atomic mass is 16.5. The average Bonchev–Trinajstić information content (AvgIpc) is 2.49. The first-order chi connectivity index (χ1) is 9.76. The summed E-state index contributed by atoms with van der Waals surface area (Å²) >= 11 is 0. The fourth-order valence-electron chi connectivity index (χ4n) is 3.17. The second-order valence-electron chi connectivity index (χ2n) is 5.72. The van der Waals surface area contributed by atoms with Gasteiger partial charge in [0.2, 0.25) is 0 Å². The van der Waals surface area contributed by atoms with Crippen molar-refractivity contribution < 1.29 is 9.47 Å². The van der Waals surface area contributed by atoms with E-state index >= 15 is 0 Å². The van der Waals surface area contributed by atoms with E-state index in [-0.39, 0.29) is 0 Å². The standard InChI is InChI=1S/C17H27NO2/c1-4-5-13-6-8-14(9-7-13)18-15-10-11-16(19-2)17(12-15)20-3/h10-14,18H,4-9H2,1-3H3. The van der Waals surface area contributed by atoms with E-state index in [4.69, 9.17) is 9.47 Å². The van der Waals surface area contributed by atoms with Crippen molar-refractivity contribution in [3.8, 4) is 11.5 Å². The molecule has 0 bridgehead atoms. The van der Waals surface area contributed by atoms with E-state index in [9.17, 15) is 0 Å². The Hall–Kier alpha value is -1.38. The molecule has 0 saturated heterocycles. The third-order valence-corrected chi connectivity index (χ3v) is 4.30. The summed E-state index contributed by atoms with van der Waals surface area (Å²) in [5.74, 6) is 2.52. The van der Waals surface area contributed by atoms with Crippen LogP contribution < -0.4 is 14.8 Å². The lowest BCUT2D eigenvalue weighted by Gasteiger charge is -2.29. The van der Waals surface area contributed by atoms with Crippen LogP contribution in [0.5, 0.6) is 11.5 Å². The molecule has 0 aliphatic heterocycles. The van der Waals surface area contributed by atoms with Crippen LogP contribution in [0.4, 0.5) is 5.69 Å². The molecule has 1 aromatic carbocycles. The maximum Gasteiger partial charge on any atom is 0.162 e. The van der Waals surface area contributed by atoms with E-state index in [1.807, 2.05) is 12.1 Å². The van der Waals surface area contributed by atoms with Gasteiger partial charge in [-0.1, -0.05) is 19.8 Å². The SMILES string of the molecule is CCCC1CCC(Nc2ccc(OC)c(OC)c2)CC1. The lowest BCUT2D eigenvalue weighted by Crippen LogP contribution is -2.26. The van der Waals surface area contributed by atoms with Gasteiger partial charge in [0, 0.05) is 17.8 Å². The predicted octanol–water partition coefficient (Wildman–Crippen LogP) is 4.47. The molecule has 20 heavy (non-hydrogen) atoms. The minimum atomic E-state index is 0.598. The zero-order chi connectivity index (χ0) is 14.4. The number of anilines is 1. The predicted molar refractivity (Wildman–Crippen MR) is 83.8 cm³/mol. The van der Waals surface area contributed by atoms with Crippen molar-refractivity contribution in [3.05, 3.63) is 18.2 Å². The molecule has 0 amide bonds. The molecule has 0 aromatic heterocycles. The maximum atomic E-state index is 5.35. The van der Waals surface area contributed by atoms with Crippen LogP contribution in [0, 0.1) is 5.92 Å². The zero-order valence-corrected chi connectivity index (χ0v) is 12.9. The monoisotopic (exact) mass is 277 g/mol. The summed E-state index contributed by atoms with van der Waals surface area (Å²) < 4.78 is 10.6. The molecule has 1 aromatic rings. The zero-order valence-electron chi connectivity index (χ0n) is 12.9. The summed E-state index contributed by atoms with van der Waals surface area (Å²) in [6.07, 6.45) is 7.98. The van der Waals surface area contributed by atoms with Crippen LogP contribution >= 0.6 is 0 Å². The summed E-state index contributed by atoms with van der Waals surface area (Å²) in [6, 6.07) is 6.65. The van der Waals surface area contributed by atoms with Crippen molar-refractivity contribution in [2.24, 2.45) is 5.92 Å². The highest BCUT2D eigenvalue weighted by Crippen LogP contribution is 2.33. The molecule has 3 heteroatoms. The fraction of sp³-hybridized carbons (Fsp3) is 0.647. The molecule has 1 aliphatic carbocycles. The van der Waals surface area contributed by atoms with Crippen molar-refractivity contribution in [3.63, 3.8) is 0 Å². The number of nitrogens with one attached hydrogen (secondary N) is 1. The van der Waals surface area contributed by atoms with E-state index in [2.05, 4.69) is 18.3 Å². The molecular formula is C17H27NO2. The minimum Gasteiger partial charge on any atom is -0.493 e. The Balaban J connectivity index is 1.91. The summed E-state index contributed by atoms with van der Waals surface area (Å²) in [6.45, 7) is 2.29. The molecule has 1 aliphatic rings. The highest BCUT2D eigenvalue weighted by molar-refractivity contribution is 5.55. The molecular weight excluding hydrogens is 250 g/mol. The van der Waals surface area contributed by atoms with Gasteiger partial charge in [-0.3, -0.25) is 0 Å². The Bertz CT molecular complexity index is 411. The van der Waals surface area contributed by atoms with Crippen LogP contribution in [0.1, 0.15) is 45.4 Å². The summed E-state index contributed by atoms with van der Waals surface area (Å²) in [7, 11) is 3.34. The Kier molecular flexibility index (Phi) is 5.57. The first kappa shape index (κ1) is 15.0. The summed E-state index contributed by atoms with van der Waals surface area (Å²) in [5.41, 5.74) is 1.13. The number of benzene rings is 1. The lowest BCUT2D eigenvalue weighted by atomic mass is 9.83. The summed E-state index contributed by atoms with van der Waals surface area (Å²) in [4.78, 5) is 0. The average molecular weight is 277 g/mol. The molecule has 112 valence electrons. The van der Waals surface area contributed by atoms with Gasteiger partial charge in [-0.25, -0.2) is 0 Å². The van der Waals surface area contributed by atoms with Crippen LogP contribution in [0.2, 0.25) is 0 Å². The van der Waals surface area contributed by atoms with Gasteiger partial charge in [-0.2, -0.15) is 0 Å². The first-order valence-corrected chi connectivity index (χ1v) is 7.75. The molecule has 1 saturated carbocycles. The molecule has 0 radical (unpaired) electrons. The molecule has 3 nitrogen and oxygen atoms in total. The van der Waals surface area contributed by atoms with Gasteiger partial charge < -0.3 is 14.8 Å². The molecule has 0 spiro atoms. The van der Waals surface area contributed by atoms with Gasteiger partial charge in [0.1, 0.15) is 0 Å². The van der Waals surface area contributed by atoms with Gasteiger partial charge in [0.15, 0.2) is 11.5 Å². The molecule has 2 rings (SSSR count). The smallest absolute Gasteiger partial charge is 0.162 e. The van der Waals surface area contributed by atoms with Crippen molar-refractivity contribution in [2.45, 2.75) is 51.5 Å². The Morgan fingerprint density at radius 2 is 1.75 bits per heavy atom. The van der Waals surface area contributed by atoms with E-state index in [0.717, 1.165) is 23.1 Å². The van der Waals surface area contributed by atoms with Crippen molar-refractivity contribution in [2.75, 3.05) is 19.5 Å². The quantitative estimate of drug-likeness (QED) is 0.832. The van der Waals surface area contributed by atoms with E-state index in [0.29, 0.717) is 6.04 Å². The molecule has 0 unspecified atom stereocenters. The van der Waals surface area contributed by atoms with E-state index in [1.165, 1.54) is 38.5 Å². The minimum absolute atomic E-state index is 0.598. The second-order valence-corrected chi connectivity index (χ2v) is 5.72. The maximum absolute atomic E-state index is 5.35. The number of ether oxygens (including phenoxy) is 2. The van der Waals surface area contributed by atoms with Crippen molar-refractivity contribution >= 4 is 5.69 Å². The largest absolute Gasteiger partial charge is 0.493 e. The molecule has 1 fully saturated rings. The number of hydrogen-bond acceptors (Lipinski definition) is 3. The third-order valence-electron chi connectivity index (χ3n) is 4.30. The van der Waals surface area contributed by atoms with Crippen LogP contribution in [0.25, 0.3) is 0 Å². The van der Waals surface area contributed by atoms with Crippen LogP contribution in [-0.4, -0.2) is 20.3 Å². The van der Waals surface area contributed by atoms with Crippen molar-refractivity contribution in [1.29, 1.82) is 0 Å². The third kappa shape index (κ3) is 3.81. The van der Waals surface area contributed by atoms with Gasteiger partial charge >= 0.3 is 0 Å². The van der Waals surface area contributed by atoms with Gasteiger partial charge in [0.05, 0.1) is 14.2 Å². The summed E-state index contributed by atoms with van der Waals surface area (Å²) in [5, 5.41) is 3.63. The number of methoxy groups -OCH3 is 2. The van der Waals surface area contributed by atoms with Crippen molar-refractivity contribution in [1.82, 2.24) is 0 Å². The second kappa shape index (κ2) is 7.41. The molecule has 0 heterocycles. The molecule has 1 N–H and O–H groups in total.